The average molecular weight is 294 g/mol. The van der Waals surface area contributed by atoms with Crippen LogP contribution in [0.3, 0.4) is 0 Å². The minimum absolute atomic E-state index is 0.0894. The second-order valence-electron chi connectivity index (χ2n) is 3.87. The van der Waals surface area contributed by atoms with Crippen LogP contribution in [0, 0.1) is 0 Å². The average Bonchev–Trinajstić information content (AvgIpc) is 2.43. The Hall–Kier alpha value is -1.80. The summed E-state index contributed by atoms with van der Waals surface area (Å²) in [6.07, 6.45) is -8.55. The monoisotopic (exact) mass is 294 g/mol. The maximum Gasteiger partial charge on any atom is 0.416 e. The molecular formula is C12H13F3O5. The lowest BCUT2D eigenvalue weighted by atomic mass is 10.0. The number of esters is 1. The van der Waals surface area contributed by atoms with E-state index >= 15 is 0 Å². The second-order valence-corrected chi connectivity index (χ2v) is 3.87. The van der Waals surface area contributed by atoms with E-state index in [0.29, 0.717) is 6.07 Å². The molecule has 0 aliphatic carbocycles. The Balaban J connectivity index is 3.23. The van der Waals surface area contributed by atoms with Gasteiger partial charge in [0, 0.05) is 5.56 Å². The van der Waals surface area contributed by atoms with Crippen molar-refractivity contribution < 1.29 is 37.7 Å². The maximum atomic E-state index is 12.6. The molecule has 1 aromatic carbocycles. The zero-order chi connectivity index (χ0) is 15.5. The number of hydrogen-bond donors (Lipinski definition) is 2. The molecule has 0 bridgehead atoms. The topological polar surface area (TPSA) is 76.0 Å². The number of carbonyl (C=O) groups is 1. The van der Waals surface area contributed by atoms with Crippen molar-refractivity contribution in [3.63, 3.8) is 0 Å². The molecule has 1 rings (SSSR count). The number of methoxy groups -OCH3 is 2. The van der Waals surface area contributed by atoms with E-state index in [-0.39, 0.29) is 11.3 Å². The van der Waals surface area contributed by atoms with E-state index < -0.39 is 29.9 Å². The van der Waals surface area contributed by atoms with E-state index in [2.05, 4.69) is 4.74 Å². The van der Waals surface area contributed by atoms with Crippen LogP contribution in [0.25, 0.3) is 0 Å². The molecule has 0 fully saturated rings. The number of benzene rings is 1. The van der Waals surface area contributed by atoms with E-state index in [0.717, 1.165) is 19.2 Å². The standard InChI is InChI=1S/C12H13F3O5/c1-19-8-4-3-6(12(13,14)15)5-7(8)9(16)10(17)11(18)20-2/h3-5,9-10,16-17H,1-2H3. The first-order chi connectivity index (χ1) is 9.22. The number of halogens is 3. The highest BCUT2D eigenvalue weighted by molar-refractivity contribution is 5.75. The Morgan fingerprint density at radius 1 is 1.25 bits per heavy atom. The van der Waals surface area contributed by atoms with Crippen LogP contribution in [0.1, 0.15) is 17.2 Å². The van der Waals surface area contributed by atoms with Crippen molar-refractivity contribution in [2.24, 2.45) is 0 Å². The number of rotatable bonds is 4. The van der Waals surface area contributed by atoms with Crippen molar-refractivity contribution in [3.05, 3.63) is 29.3 Å². The van der Waals surface area contributed by atoms with Crippen molar-refractivity contribution in [2.75, 3.05) is 14.2 Å². The van der Waals surface area contributed by atoms with Crippen LogP contribution in [0.4, 0.5) is 13.2 Å². The molecule has 0 aliphatic heterocycles. The lowest BCUT2D eigenvalue weighted by Gasteiger charge is -2.20. The molecular weight excluding hydrogens is 281 g/mol. The van der Waals surface area contributed by atoms with Gasteiger partial charge in [-0.25, -0.2) is 4.79 Å². The Morgan fingerprint density at radius 2 is 1.85 bits per heavy atom. The first-order valence-corrected chi connectivity index (χ1v) is 5.41. The van der Waals surface area contributed by atoms with E-state index in [1.54, 1.807) is 0 Å². The Bertz CT molecular complexity index is 486. The summed E-state index contributed by atoms with van der Waals surface area (Å²) in [4.78, 5) is 11.1. The molecule has 0 saturated carbocycles. The van der Waals surface area contributed by atoms with Gasteiger partial charge in [-0.1, -0.05) is 0 Å². The van der Waals surface area contributed by atoms with Gasteiger partial charge in [0.05, 0.1) is 19.8 Å². The molecule has 0 aromatic heterocycles. The summed E-state index contributed by atoms with van der Waals surface area (Å²) in [5.74, 6) is -1.26. The van der Waals surface area contributed by atoms with E-state index in [1.807, 2.05) is 0 Å². The van der Waals surface area contributed by atoms with Gasteiger partial charge in [0.15, 0.2) is 6.10 Å². The molecule has 8 heteroatoms. The van der Waals surface area contributed by atoms with Crippen molar-refractivity contribution in [3.8, 4) is 5.75 Å². The minimum atomic E-state index is -4.63. The molecule has 1 aromatic rings. The third-order valence-corrected chi connectivity index (χ3v) is 2.62. The van der Waals surface area contributed by atoms with Crippen LogP contribution in [-0.2, 0) is 15.7 Å². The maximum absolute atomic E-state index is 12.6. The molecule has 20 heavy (non-hydrogen) atoms. The van der Waals surface area contributed by atoms with Gasteiger partial charge in [0.1, 0.15) is 11.9 Å². The van der Waals surface area contributed by atoms with E-state index in [9.17, 15) is 28.2 Å². The quantitative estimate of drug-likeness (QED) is 0.818. The van der Waals surface area contributed by atoms with Gasteiger partial charge in [-0.15, -0.1) is 0 Å². The number of carbonyl (C=O) groups excluding carboxylic acids is 1. The molecule has 0 amide bonds. The number of ether oxygens (including phenoxy) is 2. The SMILES string of the molecule is COC(=O)C(O)C(O)c1cc(C(F)(F)F)ccc1OC. The van der Waals surface area contributed by atoms with Crippen molar-refractivity contribution in [1.82, 2.24) is 0 Å². The molecule has 2 atom stereocenters. The molecule has 2 unspecified atom stereocenters. The Morgan fingerprint density at radius 3 is 2.30 bits per heavy atom. The molecule has 5 nitrogen and oxygen atoms in total. The third-order valence-electron chi connectivity index (χ3n) is 2.62. The summed E-state index contributed by atoms with van der Waals surface area (Å²) in [5, 5.41) is 19.3. The van der Waals surface area contributed by atoms with Crippen LogP contribution in [0.15, 0.2) is 18.2 Å². The van der Waals surface area contributed by atoms with Crippen LogP contribution < -0.4 is 4.74 Å². The largest absolute Gasteiger partial charge is 0.496 e. The predicted molar refractivity (Wildman–Crippen MR) is 61.0 cm³/mol. The highest BCUT2D eigenvalue weighted by Crippen LogP contribution is 2.35. The van der Waals surface area contributed by atoms with Crippen molar-refractivity contribution in [2.45, 2.75) is 18.4 Å². The summed E-state index contributed by atoms with van der Waals surface area (Å²) in [7, 11) is 2.16. The summed E-state index contributed by atoms with van der Waals surface area (Å²) >= 11 is 0. The first-order valence-electron chi connectivity index (χ1n) is 5.41. The lowest BCUT2D eigenvalue weighted by molar-refractivity contribution is -0.156. The van der Waals surface area contributed by atoms with Gasteiger partial charge in [-0.2, -0.15) is 13.2 Å². The van der Waals surface area contributed by atoms with Crippen LogP contribution >= 0.6 is 0 Å². The van der Waals surface area contributed by atoms with Gasteiger partial charge in [-0.05, 0) is 18.2 Å². The van der Waals surface area contributed by atoms with Crippen LogP contribution in [0.2, 0.25) is 0 Å². The molecule has 0 spiro atoms. The smallest absolute Gasteiger partial charge is 0.416 e. The molecule has 0 saturated heterocycles. The fourth-order valence-electron chi connectivity index (χ4n) is 1.56. The Labute approximate surface area is 112 Å². The summed E-state index contributed by atoms with van der Waals surface area (Å²) < 4.78 is 46.9. The number of hydrogen-bond acceptors (Lipinski definition) is 5. The highest BCUT2D eigenvalue weighted by atomic mass is 19.4. The van der Waals surface area contributed by atoms with E-state index in [1.165, 1.54) is 7.11 Å². The van der Waals surface area contributed by atoms with Crippen LogP contribution in [0.5, 0.6) is 5.75 Å². The third kappa shape index (κ3) is 3.40. The van der Waals surface area contributed by atoms with Crippen molar-refractivity contribution >= 4 is 5.97 Å². The van der Waals surface area contributed by atoms with Gasteiger partial charge >= 0.3 is 12.1 Å². The minimum Gasteiger partial charge on any atom is -0.496 e. The summed E-state index contributed by atoms with van der Waals surface area (Å²) in [5.41, 5.74) is -1.40. The molecule has 0 radical (unpaired) electrons. The van der Waals surface area contributed by atoms with Crippen molar-refractivity contribution in [1.29, 1.82) is 0 Å². The predicted octanol–water partition coefficient (Wildman–Crippen LogP) is 1.28. The van der Waals surface area contributed by atoms with Gasteiger partial charge in [0.25, 0.3) is 0 Å². The number of aliphatic hydroxyl groups is 2. The van der Waals surface area contributed by atoms with Gasteiger partial charge in [0.2, 0.25) is 0 Å². The fourth-order valence-corrected chi connectivity index (χ4v) is 1.56. The second kappa shape index (κ2) is 6.10. The zero-order valence-corrected chi connectivity index (χ0v) is 10.6. The Kier molecular flexibility index (Phi) is 4.96. The number of aliphatic hydroxyl groups excluding tert-OH is 2. The summed E-state index contributed by atoms with van der Waals surface area (Å²) in [6, 6.07) is 2.36. The fraction of sp³-hybridized carbons (Fsp3) is 0.417. The normalized spacial score (nSPS) is 14.6. The lowest BCUT2D eigenvalue weighted by Crippen LogP contribution is -2.29. The van der Waals surface area contributed by atoms with E-state index in [4.69, 9.17) is 4.74 Å². The van der Waals surface area contributed by atoms with Crippen LogP contribution in [-0.4, -0.2) is 36.5 Å². The molecule has 0 heterocycles. The number of alkyl halides is 3. The zero-order valence-electron chi connectivity index (χ0n) is 10.6. The molecule has 2 N–H and O–H groups in total. The first kappa shape index (κ1) is 16.3. The van der Waals surface area contributed by atoms with Gasteiger partial charge in [-0.3, -0.25) is 0 Å². The summed E-state index contributed by atoms with van der Waals surface area (Å²) in [6.45, 7) is 0. The molecule has 112 valence electrons. The molecule has 0 aliphatic rings. The highest BCUT2D eigenvalue weighted by Gasteiger charge is 2.34. The van der Waals surface area contributed by atoms with Gasteiger partial charge < -0.3 is 19.7 Å².